The third kappa shape index (κ3) is 9.08. The van der Waals surface area contributed by atoms with Crippen molar-refractivity contribution in [2.24, 2.45) is 17.4 Å². The van der Waals surface area contributed by atoms with Gasteiger partial charge in [-0.05, 0) is 30.4 Å². The smallest absolute Gasteiger partial charge is 0.326 e. The van der Waals surface area contributed by atoms with Crippen molar-refractivity contribution in [3.63, 3.8) is 0 Å². The van der Waals surface area contributed by atoms with Crippen LogP contribution in [0.3, 0.4) is 0 Å². The van der Waals surface area contributed by atoms with Gasteiger partial charge >= 0.3 is 11.9 Å². The summed E-state index contributed by atoms with van der Waals surface area (Å²) < 4.78 is 0. The Balaban J connectivity index is 2.17. The minimum absolute atomic E-state index is 0.189. The fourth-order valence-corrected chi connectivity index (χ4v) is 4.06. The number of carbonyl (C=O) groups is 6. The molecule has 0 spiro atoms. The fourth-order valence-electron chi connectivity index (χ4n) is 4.06. The summed E-state index contributed by atoms with van der Waals surface area (Å²) in [5.41, 5.74) is 13.0. The van der Waals surface area contributed by atoms with Gasteiger partial charge in [-0.15, -0.1) is 0 Å². The first-order chi connectivity index (χ1) is 18.8. The number of carboxylic acids is 2. The average molecular weight is 561 g/mol. The molecule has 0 aliphatic heterocycles. The van der Waals surface area contributed by atoms with E-state index in [2.05, 4.69) is 20.9 Å². The molecular weight excluding hydrogens is 524 g/mol. The van der Waals surface area contributed by atoms with E-state index in [0.29, 0.717) is 6.42 Å². The second kappa shape index (κ2) is 14.6. The average Bonchev–Trinajstić information content (AvgIpc) is 3.30. The molecule has 2 aromatic rings. The SMILES string of the molecule is CCC(C)C(NC(=O)C(N)Cc1c[nH]c2ccccc12)C(=O)NC(CCC(N)=O)C(=O)NC(CC(=O)O)C(=O)O. The van der Waals surface area contributed by atoms with E-state index in [0.717, 1.165) is 16.5 Å². The molecule has 1 heterocycles. The highest BCUT2D eigenvalue weighted by atomic mass is 16.4. The molecule has 4 amide bonds. The lowest BCUT2D eigenvalue weighted by Crippen LogP contribution is -2.59. The molecule has 14 heteroatoms. The van der Waals surface area contributed by atoms with Crippen LogP contribution in [0.25, 0.3) is 10.9 Å². The maximum atomic E-state index is 13.3. The minimum atomic E-state index is -1.77. The van der Waals surface area contributed by atoms with E-state index in [-0.39, 0.29) is 19.3 Å². The number of H-pyrrole nitrogens is 1. The molecule has 40 heavy (non-hydrogen) atoms. The largest absolute Gasteiger partial charge is 0.481 e. The second-order valence-corrected chi connectivity index (χ2v) is 9.61. The van der Waals surface area contributed by atoms with E-state index in [4.69, 9.17) is 16.6 Å². The number of carbonyl (C=O) groups excluding carboxylic acids is 4. The molecule has 5 unspecified atom stereocenters. The second-order valence-electron chi connectivity index (χ2n) is 9.61. The zero-order valence-electron chi connectivity index (χ0n) is 22.3. The van der Waals surface area contributed by atoms with Crippen LogP contribution in [0.4, 0.5) is 0 Å². The third-order valence-corrected chi connectivity index (χ3v) is 6.55. The minimum Gasteiger partial charge on any atom is -0.481 e. The van der Waals surface area contributed by atoms with Crippen molar-refractivity contribution in [2.75, 3.05) is 0 Å². The lowest BCUT2D eigenvalue weighted by atomic mass is 9.96. The van der Waals surface area contributed by atoms with Crippen molar-refractivity contribution in [3.8, 4) is 0 Å². The lowest BCUT2D eigenvalue weighted by molar-refractivity contribution is -0.147. The van der Waals surface area contributed by atoms with Crippen LogP contribution in [0.2, 0.25) is 0 Å². The molecule has 0 aliphatic rings. The number of para-hydroxylation sites is 1. The Bertz CT molecular complexity index is 1240. The summed E-state index contributed by atoms with van der Waals surface area (Å²) >= 11 is 0. The maximum absolute atomic E-state index is 13.3. The van der Waals surface area contributed by atoms with Crippen molar-refractivity contribution in [1.82, 2.24) is 20.9 Å². The third-order valence-electron chi connectivity index (χ3n) is 6.55. The van der Waals surface area contributed by atoms with E-state index >= 15 is 0 Å². The summed E-state index contributed by atoms with van der Waals surface area (Å²) in [7, 11) is 0. The molecule has 0 radical (unpaired) electrons. The Labute approximate surface area is 230 Å². The van der Waals surface area contributed by atoms with Gasteiger partial charge in [-0.3, -0.25) is 24.0 Å². The summed E-state index contributed by atoms with van der Waals surface area (Å²) in [5, 5.41) is 26.2. The number of primary amides is 1. The van der Waals surface area contributed by atoms with Gasteiger partial charge in [0.05, 0.1) is 12.5 Å². The Morgan fingerprint density at radius 1 is 0.950 bits per heavy atom. The number of aromatic amines is 1. The first kappa shape index (κ1) is 31.8. The van der Waals surface area contributed by atoms with Crippen LogP contribution in [0.1, 0.15) is 45.1 Å². The van der Waals surface area contributed by atoms with Gasteiger partial charge in [0.15, 0.2) is 0 Å². The molecule has 10 N–H and O–H groups in total. The van der Waals surface area contributed by atoms with Gasteiger partial charge in [-0.25, -0.2) is 4.79 Å². The number of nitrogens with one attached hydrogen (secondary N) is 4. The maximum Gasteiger partial charge on any atom is 0.326 e. The first-order valence-corrected chi connectivity index (χ1v) is 12.8. The monoisotopic (exact) mass is 560 g/mol. The molecule has 14 nitrogen and oxygen atoms in total. The predicted molar refractivity (Wildman–Crippen MR) is 144 cm³/mol. The van der Waals surface area contributed by atoms with E-state index in [1.54, 1.807) is 20.0 Å². The Morgan fingerprint density at radius 2 is 1.60 bits per heavy atom. The van der Waals surface area contributed by atoms with Crippen molar-refractivity contribution in [3.05, 3.63) is 36.0 Å². The number of fused-ring (bicyclic) bond motifs is 1. The van der Waals surface area contributed by atoms with Gasteiger partial charge in [0.2, 0.25) is 23.6 Å². The highest BCUT2D eigenvalue weighted by molar-refractivity contribution is 5.95. The molecule has 1 aromatic heterocycles. The van der Waals surface area contributed by atoms with Crippen LogP contribution in [0, 0.1) is 5.92 Å². The first-order valence-electron chi connectivity index (χ1n) is 12.8. The highest BCUT2D eigenvalue weighted by Gasteiger charge is 2.33. The van der Waals surface area contributed by atoms with E-state index in [1.807, 2.05) is 24.3 Å². The van der Waals surface area contributed by atoms with Crippen LogP contribution >= 0.6 is 0 Å². The number of aliphatic carboxylic acids is 2. The number of benzene rings is 1. The van der Waals surface area contributed by atoms with Crippen molar-refractivity contribution in [1.29, 1.82) is 0 Å². The predicted octanol–water partition coefficient (Wildman–Crippen LogP) is -0.637. The molecule has 1 aromatic carbocycles. The van der Waals surface area contributed by atoms with Gasteiger partial charge in [-0.1, -0.05) is 38.5 Å². The molecule has 0 fully saturated rings. The fraction of sp³-hybridized carbons (Fsp3) is 0.462. The summed E-state index contributed by atoms with van der Waals surface area (Å²) in [6.45, 7) is 3.51. The number of hydrogen-bond donors (Lipinski definition) is 8. The summed E-state index contributed by atoms with van der Waals surface area (Å²) in [6.07, 6.45) is 0.894. The highest BCUT2D eigenvalue weighted by Crippen LogP contribution is 2.19. The van der Waals surface area contributed by atoms with Gasteiger partial charge in [-0.2, -0.15) is 0 Å². The molecular formula is C26H36N6O8. The molecule has 0 bridgehead atoms. The van der Waals surface area contributed by atoms with Gasteiger partial charge in [0.1, 0.15) is 18.1 Å². The van der Waals surface area contributed by atoms with Crippen LogP contribution in [0.15, 0.2) is 30.5 Å². The number of amides is 4. The number of nitrogens with two attached hydrogens (primary N) is 2. The Morgan fingerprint density at radius 3 is 2.20 bits per heavy atom. The Kier molecular flexibility index (Phi) is 11.6. The van der Waals surface area contributed by atoms with Gasteiger partial charge in [0, 0.05) is 23.5 Å². The topological polar surface area (TPSA) is 247 Å². The summed E-state index contributed by atoms with van der Waals surface area (Å²) in [5.74, 6) is -6.62. The number of rotatable bonds is 16. The number of hydrogen-bond acceptors (Lipinski definition) is 7. The Hall–Kier alpha value is -4.46. The zero-order chi connectivity index (χ0) is 30.0. The van der Waals surface area contributed by atoms with Crippen molar-refractivity contribution in [2.45, 2.75) is 70.1 Å². The number of aromatic nitrogens is 1. The van der Waals surface area contributed by atoms with Crippen molar-refractivity contribution < 1.29 is 39.0 Å². The standard InChI is InChI=1S/C26H36N6O8/c1-3-13(2)22(32-23(36)16(27)10-14-12-29-17-7-5-4-6-15(14)17)25(38)30-18(8-9-20(28)33)24(37)31-19(26(39)40)11-21(34)35/h4-7,12-13,16,18-19,22,29H,3,8-11,27H2,1-2H3,(H2,28,33)(H,30,38)(H,31,37)(H,32,36)(H,34,35)(H,39,40). The molecule has 0 aliphatic carbocycles. The van der Waals surface area contributed by atoms with E-state index < -0.39 is 72.1 Å². The molecule has 0 saturated carbocycles. The normalized spacial score (nSPS) is 14.8. The van der Waals surface area contributed by atoms with E-state index in [1.165, 1.54) is 0 Å². The van der Waals surface area contributed by atoms with Crippen LogP contribution in [-0.2, 0) is 35.2 Å². The molecule has 2 rings (SSSR count). The zero-order valence-corrected chi connectivity index (χ0v) is 22.3. The molecule has 218 valence electrons. The van der Waals surface area contributed by atoms with Crippen LogP contribution in [0.5, 0.6) is 0 Å². The summed E-state index contributed by atoms with van der Waals surface area (Å²) in [4.78, 5) is 75.9. The molecule has 5 atom stereocenters. The quantitative estimate of drug-likeness (QED) is 0.130. The lowest BCUT2D eigenvalue weighted by Gasteiger charge is -2.28. The number of carboxylic acid groups (broad SMARTS) is 2. The van der Waals surface area contributed by atoms with E-state index in [9.17, 15) is 33.9 Å². The molecule has 0 saturated heterocycles. The van der Waals surface area contributed by atoms with Crippen molar-refractivity contribution >= 4 is 46.5 Å². The summed E-state index contributed by atoms with van der Waals surface area (Å²) in [6, 6.07) is 2.19. The van der Waals surface area contributed by atoms with Crippen LogP contribution < -0.4 is 27.4 Å². The van der Waals surface area contributed by atoms with Crippen LogP contribution in [-0.4, -0.2) is 74.9 Å². The van der Waals surface area contributed by atoms with Gasteiger partial charge in [0.25, 0.3) is 0 Å². The van der Waals surface area contributed by atoms with Gasteiger partial charge < -0.3 is 42.6 Å².